The molecule has 3 aromatic carbocycles. The van der Waals surface area contributed by atoms with E-state index in [0.717, 1.165) is 17.7 Å². The Morgan fingerprint density at radius 3 is 2.41 bits per heavy atom. The first-order valence-corrected chi connectivity index (χ1v) is 13.5. The average Bonchev–Trinajstić information content (AvgIpc) is 3.31. The Kier molecular flexibility index (Phi) is 6.38. The minimum absolute atomic E-state index is 0.0812. The Labute approximate surface area is 202 Å². The van der Waals surface area contributed by atoms with Crippen molar-refractivity contribution < 1.29 is 22.7 Å². The molecule has 1 aliphatic heterocycles. The molecule has 1 amide bonds. The van der Waals surface area contributed by atoms with Crippen LogP contribution >= 0.6 is 11.8 Å². The number of thioether (sulfide) groups is 1. The topological polar surface area (TPSA) is 93.7 Å². The van der Waals surface area contributed by atoms with Crippen LogP contribution in [0.15, 0.2) is 70.5 Å². The number of amides is 1. The molecule has 7 nitrogen and oxygen atoms in total. The minimum atomic E-state index is -3.80. The fraction of sp³-hybridized carbons (Fsp3) is 0.240. The Morgan fingerprint density at radius 1 is 0.853 bits per heavy atom. The Hall–Kier alpha value is -3.17. The molecule has 0 radical (unpaired) electrons. The number of hydrogen-bond donors (Lipinski definition) is 2. The van der Waals surface area contributed by atoms with Crippen molar-refractivity contribution in [2.24, 2.45) is 0 Å². The van der Waals surface area contributed by atoms with Crippen molar-refractivity contribution in [1.82, 2.24) is 0 Å². The molecule has 0 aromatic heterocycles. The van der Waals surface area contributed by atoms with Gasteiger partial charge >= 0.3 is 0 Å². The molecule has 0 unspecified atom stereocenters. The Bertz CT molecular complexity index is 1320. The smallest absolute Gasteiger partial charge is 0.262 e. The summed E-state index contributed by atoms with van der Waals surface area (Å²) in [5, 5.41) is 2.85. The molecule has 2 N–H and O–H groups in total. The number of rotatable bonds is 7. The minimum Gasteiger partial charge on any atom is -0.486 e. The normalized spacial score (nSPS) is 14.4. The summed E-state index contributed by atoms with van der Waals surface area (Å²) in [7, 11) is -3.80. The maximum atomic E-state index is 12.8. The van der Waals surface area contributed by atoms with E-state index < -0.39 is 10.0 Å². The number of benzene rings is 3. The number of aryl methyl sites for hydroxylation is 2. The van der Waals surface area contributed by atoms with Gasteiger partial charge < -0.3 is 14.8 Å². The highest BCUT2D eigenvalue weighted by Crippen LogP contribution is 2.33. The summed E-state index contributed by atoms with van der Waals surface area (Å²) in [5.41, 5.74) is 3.79. The van der Waals surface area contributed by atoms with Gasteiger partial charge in [-0.1, -0.05) is 6.07 Å². The van der Waals surface area contributed by atoms with E-state index in [1.165, 1.54) is 41.4 Å². The zero-order valence-electron chi connectivity index (χ0n) is 18.4. The third kappa shape index (κ3) is 5.15. The van der Waals surface area contributed by atoms with Crippen LogP contribution in [0.25, 0.3) is 0 Å². The van der Waals surface area contributed by atoms with Gasteiger partial charge in [0.25, 0.3) is 10.0 Å². The fourth-order valence-electron chi connectivity index (χ4n) is 4.01. The molecular weight excluding hydrogens is 472 g/mol. The van der Waals surface area contributed by atoms with Gasteiger partial charge in [0, 0.05) is 22.3 Å². The van der Waals surface area contributed by atoms with Crippen LogP contribution in [0.1, 0.15) is 17.5 Å². The Morgan fingerprint density at radius 2 is 1.59 bits per heavy atom. The lowest BCUT2D eigenvalue weighted by atomic mass is 10.1. The molecule has 5 rings (SSSR count). The second-order valence-corrected chi connectivity index (χ2v) is 10.8. The number of anilines is 2. The molecule has 1 aliphatic carbocycles. The van der Waals surface area contributed by atoms with Crippen molar-refractivity contribution in [3.63, 3.8) is 0 Å². The highest BCUT2D eigenvalue weighted by Gasteiger charge is 2.19. The molecule has 3 aromatic rings. The van der Waals surface area contributed by atoms with E-state index >= 15 is 0 Å². The first-order valence-electron chi connectivity index (χ1n) is 11.0. The van der Waals surface area contributed by atoms with Crippen LogP contribution in [0.5, 0.6) is 11.5 Å². The van der Waals surface area contributed by atoms with Gasteiger partial charge in [-0.15, -0.1) is 11.8 Å². The second-order valence-electron chi connectivity index (χ2n) is 8.11. The van der Waals surface area contributed by atoms with Gasteiger partial charge in [-0.05, 0) is 78.9 Å². The van der Waals surface area contributed by atoms with Crippen molar-refractivity contribution in [2.45, 2.75) is 29.1 Å². The molecule has 9 heteroatoms. The Balaban J connectivity index is 1.17. The van der Waals surface area contributed by atoms with Crippen molar-refractivity contribution in [1.29, 1.82) is 0 Å². The van der Waals surface area contributed by atoms with Crippen molar-refractivity contribution in [2.75, 3.05) is 29.0 Å². The third-order valence-corrected chi connectivity index (χ3v) is 8.06. The lowest BCUT2D eigenvalue weighted by molar-refractivity contribution is -0.113. The van der Waals surface area contributed by atoms with Gasteiger partial charge in [-0.2, -0.15) is 0 Å². The largest absolute Gasteiger partial charge is 0.486 e. The van der Waals surface area contributed by atoms with E-state index in [-0.39, 0.29) is 10.8 Å². The molecule has 0 atom stereocenters. The summed E-state index contributed by atoms with van der Waals surface area (Å²) < 4.78 is 39.0. The molecule has 0 saturated carbocycles. The quantitative estimate of drug-likeness (QED) is 0.469. The van der Waals surface area contributed by atoms with Crippen molar-refractivity contribution in [3.05, 3.63) is 71.8 Å². The second kappa shape index (κ2) is 9.60. The van der Waals surface area contributed by atoms with Gasteiger partial charge in [0.1, 0.15) is 13.2 Å². The zero-order valence-corrected chi connectivity index (χ0v) is 20.0. The van der Waals surface area contributed by atoms with Crippen LogP contribution in [0.2, 0.25) is 0 Å². The summed E-state index contributed by atoms with van der Waals surface area (Å²) in [4.78, 5) is 13.5. The third-order valence-electron chi connectivity index (χ3n) is 5.68. The van der Waals surface area contributed by atoms with Crippen LogP contribution in [0.3, 0.4) is 0 Å². The SMILES string of the molecule is O=C(CSc1ccc2c(c1)CCC2)Nc1ccc(NS(=O)(=O)c2ccc3c(c2)OCCO3)cc1. The molecule has 2 aliphatic rings. The average molecular weight is 497 g/mol. The van der Waals surface area contributed by atoms with Crippen LogP contribution in [0.4, 0.5) is 11.4 Å². The molecule has 0 spiro atoms. The highest BCUT2D eigenvalue weighted by molar-refractivity contribution is 8.00. The number of ether oxygens (including phenoxy) is 2. The standard InChI is InChI=1S/C25H24N2O5S2/c28-25(16-33-21-9-4-17-2-1-3-18(17)14-21)26-19-5-7-20(8-6-19)27-34(29,30)22-10-11-23-24(15-22)32-13-12-31-23/h4-11,14-15,27H,1-3,12-13,16H2,(H,26,28). The van der Waals surface area contributed by atoms with Crippen LogP contribution in [-0.2, 0) is 27.7 Å². The summed E-state index contributed by atoms with van der Waals surface area (Å²) >= 11 is 1.51. The first-order chi connectivity index (χ1) is 16.5. The van der Waals surface area contributed by atoms with Gasteiger partial charge in [-0.25, -0.2) is 8.42 Å². The van der Waals surface area contributed by atoms with Gasteiger partial charge in [0.05, 0.1) is 10.6 Å². The summed E-state index contributed by atoms with van der Waals surface area (Å²) in [6.45, 7) is 0.815. The predicted octanol–water partition coefficient (Wildman–Crippen LogP) is 4.48. The zero-order chi connectivity index (χ0) is 23.5. The number of carbonyl (C=O) groups excluding carboxylic acids is 1. The fourth-order valence-corrected chi connectivity index (χ4v) is 5.84. The monoisotopic (exact) mass is 496 g/mol. The summed E-state index contributed by atoms with van der Waals surface area (Å²) in [6.07, 6.45) is 3.46. The number of nitrogens with one attached hydrogen (secondary N) is 2. The lowest BCUT2D eigenvalue weighted by Gasteiger charge is -2.19. The molecule has 1 heterocycles. The van der Waals surface area contributed by atoms with Gasteiger partial charge in [-0.3, -0.25) is 9.52 Å². The van der Waals surface area contributed by atoms with E-state index in [1.807, 2.05) is 0 Å². The van der Waals surface area contributed by atoms with E-state index in [4.69, 9.17) is 9.47 Å². The molecule has 0 saturated heterocycles. The molecule has 0 bridgehead atoms. The number of fused-ring (bicyclic) bond motifs is 2. The molecule has 176 valence electrons. The number of carbonyl (C=O) groups is 1. The van der Waals surface area contributed by atoms with Crippen LogP contribution in [0, 0.1) is 0 Å². The lowest BCUT2D eigenvalue weighted by Crippen LogP contribution is -2.17. The van der Waals surface area contributed by atoms with Gasteiger partial charge in [0.2, 0.25) is 5.91 Å². The summed E-state index contributed by atoms with van der Waals surface area (Å²) in [6, 6.07) is 17.5. The number of hydrogen-bond acceptors (Lipinski definition) is 6. The molecular formula is C25H24N2O5S2. The molecule has 0 fully saturated rings. The van der Waals surface area contributed by atoms with E-state index in [0.29, 0.717) is 41.8 Å². The van der Waals surface area contributed by atoms with E-state index in [9.17, 15) is 13.2 Å². The number of sulfonamides is 1. The van der Waals surface area contributed by atoms with Crippen molar-refractivity contribution in [3.8, 4) is 11.5 Å². The van der Waals surface area contributed by atoms with Crippen LogP contribution < -0.4 is 19.5 Å². The first kappa shape index (κ1) is 22.6. The predicted molar refractivity (Wildman–Crippen MR) is 133 cm³/mol. The van der Waals surface area contributed by atoms with E-state index in [1.54, 1.807) is 30.3 Å². The maximum absolute atomic E-state index is 12.8. The highest BCUT2D eigenvalue weighted by atomic mass is 32.2. The van der Waals surface area contributed by atoms with Gasteiger partial charge in [0.15, 0.2) is 11.5 Å². The maximum Gasteiger partial charge on any atom is 0.262 e. The van der Waals surface area contributed by atoms with Crippen molar-refractivity contribution >= 4 is 39.1 Å². The molecule has 34 heavy (non-hydrogen) atoms. The van der Waals surface area contributed by atoms with Crippen LogP contribution in [-0.4, -0.2) is 33.3 Å². The summed E-state index contributed by atoms with van der Waals surface area (Å²) in [5.74, 6) is 1.12. The van der Waals surface area contributed by atoms with E-state index in [2.05, 4.69) is 28.2 Å².